The van der Waals surface area contributed by atoms with Crippen LogP contribution in [0.1, 0.15) is 23.6 Å². The Morgan fingerprint density at radius 2 is 1.74 bits per heavy atom. The van der Waals surface area contributed by atoms with E-state index < -0.39 is 22.4 Å². The predicted octanol–water partition coefficient (Wildman–Crippen LogP) is 7.52. The van der Waals surface area contributed by atoms with Gasteiger partial charge in [0.05, 0.1) is 27.7 Å². The van der Waals surface area contributed by atoms with Gasteiger partial charge in [0, 0.05) is 6.07 Å². The molecule has 1 aliphatic heterocycles. The molecule has 0 atom stereocenters. The zero-order valence-electron chi connectivity index (χ0n) is 19.9. The first-order chi connectivity index (χ1) is 18.0. The standard InChI is InChI=1S/C26H19F3N2O5S2/c1-3-35-22-12-16(13-23-24(32)30(25(37)38-23)18-8-4-15(2)5-9-18)6-10-21(22)36-20-11-7-17(26(27,28)29)14-19(20)31(33)34/h4-14H,3H2,1-2H3/b23-13-. The maximum atomic E-state index is 13.1. The minimum Gasteiger partial charge on any atom is -0.490 e. The largest absolute Gasteiger partial charge is 0.490 e. The average Bonchev–Trinajstić information content (AvgIpc) is 3.13. The number of carbonyl (C=O) groups is 1. The maximum Gasteiger partial charge on any atom is 0.416 e. The third kappa shape index (κ3) is 5.81. The molecule has 7 nitrogen and oxygen atoms in total. The highest BCUT2D eigenvalue weighted by Gasteiger charge is 2.34. The number of nitro benzene ring substituents is 1. The number of halogens is 3. The Morgan fingerprint density at radius 3 is 2.37 bits per heavy atom. The monoisotopic (exact) mass is 560 g/mol. The summed E-state index contributed by atoms with van der Waals surface area (Å²) in [6, 6.07) is 14.0. The van der Waals surface area contributed by atoms with Gasteiger partial charge in [0.25, 0.3) is 5.91 Å². The van der Waals surface area contributed by atoms with Crippen LogP contribution in [-0.4, -0.2) is 21.8 Å². The molecular formula is C26H19F3N2O5S2. The number of amides is 1. The normalized spacial score (nSPS) is 14.8. The van der Waals surface area contributed by atoms with Gasteiger partial charge in [-0.3, -0.25) is 19.8 Å². The van der Waals surface area contributed by atoms with Crippen LogP contribution in [0.25, 0.3) is 6.08 Å². The molecule has 0 aliphatic carbocycles. The number of ether oxygens (including phenoxy) is 2. The van der Waals surface area contributed by atoms with Crippen molar-refractivity contribution in [2.45, 2.75) is 20.0 Å². The number of thiocarbonyl (C=S) groups is 1. The van der Waals surface area contributed by atoms with Crippen molar-refractivity contribution in [1.82, 2.24) is 0 Å². The number of hydrogen-bond donors (Lipinski definition) is 0. The van der Waals surface area contributed by atoms with Crippen molar-refractivity contribution in [2.75, 3.05) is 11.5 Å². The Labute approximate surface area is 225 Å². The second-order valence-electron chi connectivity index (χ2n) is 8.03. The molecule has 0 unspecified atom stereocenters. The fourth-order valence-corrected chi connectivity index (χ4v) is 4.84. The molecule has 1 aliphatic rings. The summed E-state index contributed by atoms with van der Waals surface area (Å²) in [4.78, 5) is 25.4. The number of benzene rings is 3. The van der Waals surface area contributed by atoms with Gasteiger partial charge >= 0.3 is 11.9 Å². The third-order valence-corrected chi connectivity index (χ3v) is 6.66. The molecule has 1 fully saturated rings. The van der Waals surface area contributed by atoms with Crippen LogP contribution in [0.15, 0.2) is 65.6 Å². The Kier molecular flexibility index (Phi) is 7.74. The molecule has 1 heterocycles. The van der Waals surface area contributed by atoms with Crippen LogP contribution in [0, 0.1) is 17.0 Å². The molecule has 3 aromatic carbocycles. The molecule has 0 N–H and O–H groups in total. The Balaban J connectivity index is 1.64. The molecule has 0 radical (unpaired) electrons. The summed E-state index contributed by atoms with van der Waals surface area (Å²) in [5.41, 5.74) is 0.249. The van der Waals surface area contributed by atoms with Gasteiger partial charge in [-0.05, 0) is 61.9 Å². The number of rotatable bonds is 7. The van der Waals surface area contributed by atoms with Crippen molar-refractivity contribution in [1.29, 1.82) is 0 Å². The van der Waals surface area contributed by atoms with E-state index in [2.05, 4.69) is 0 Å². The number of thioether (sulfide) groups is 1. The van der Waals surface area contributed by atoms with Gasteiger partial charge in [-0.1, -0.05) is 47.7 Å². The topological polar surface area (TPSA) is 81.9 Å². The van der Waals surface area contributed by atoms with Crippen LogP contribution >= 0.6 is 24.0 Å². The number of alkyl halides is 3. The molecule has 196 valence electrons. The number of anilines is 1. The van der Waals surface area contributed by atoms with Crippen molar-refractivity contribution in [2.24, 2.45) is 0 Å². The summed E-state index contributed by atoms with van der Waals surface area (Å²) in [6.07, 6.45) is -3.12. The Bertz CT molecular complexity index is 1460. The highest BCUT2D eigenvalue weighted by molar-refractivity contribution is 8.27. The lowest BCUT2D eigenvalue weighted by atomic mass is 10.1. The molecule has 0 bridgehead atoms. The second-order valence-corrected chi connectivity index (χ2v) is 9.71. The van der Waals surface area contributed by atoms with Crippen molar-refractivity contribution >= 4 is 51.7 Å². The summed E-state index contributed by atoms with van der Waals surface area (Å²) in [6.45, 7) is 3.86. The summed E-state index contributed by atoms with van der Waals surface area (Å²) in [5.74, 6) is -0.429. The van der Waals surface area contributed by atoms with E-state index in [1.54, 1.807) is 25.1 Å². The highest BCUT2D eigenvalue weighted by atomic mass is 32.2. The first-order valence-corrected chi connectivity index (χ1v) is 12.4. The molecule has 1 amide bonds. The van der Waals surface area contributed by atoms with Gasteiger partial charge in [-0.25, -0.2) is 0 Å². The van der Waals surface area contributed by atoms with Crippen LogP contribution in [0.5, 0.6) is 17.2 Å². The molecule has 38 heavy (non-hydrogen) atoms. The van der Waals surface area contributed by atoms with E-state index in [4.69, 9.17) is 21.7 Å². The fourth-order valence-electron chi connectivity index (χ4n) is 3.54. The summed E-state index contributed by atoms with van der Waals surface area (Å²) >= 11 is 6.55. The molecule has 1 saturated heterocycles. The van der Waals surface area contributed by atoms with Crippen LogP contribution in [-0.2, 0) is 11.0 Å². The van der Waals surface area contributed by atoms with Crippen LogP contribution in [0.2, 0.25) is 0 Å². The lowest BCUT2D eigenvalue weighted by Gasteiger charge is -2.14. The van der Waals surface area contributed by atoms with Crippen LogP contribution in [0.4, 0.5) is 24.5 Å². The van der Waals surface area contributed by atoms with E-state index in [1.165, 1.54) is 11.0 Å². The summed E-state index contributed by atoms with van der Waals surface area (Å²) in [5, 5.41) is 11.4. The zero-order chi connectivity index (χ0) is 27.6. The minimum atomic E-state index is -4.75. The fraction of sp³-hybridized carbons (Fsp3) is 0.154. The molecular weight excluding hydrogens is 541 g/mol. The number of nitrogens with zero attached hydrogens (tertiary/aromatic N) is 2. The highest BCUT2D eigenvalue weighted by Crippen LogP contribution is 2.41. The van der Waals surface area contributed by atoms with Gasteiger partial charge in [-0.15, -0.1) is 0 Å². The third-order valence-electron chi connectivity index (χ3n) is 5.35. The van der Waals surface area contributed by atoms with Crippen molar-refractivity contribution in [3.8, 4) is 17.2 Å². The van der Waals surface area contributed by atoms with Crippen LogP contribution < -0.4 is 14.4 Å². The van der Waals surface area contributed by atoms with E-state index in [-0.39, 0.29) is 29.8 Å². The van der Waals surface area contributed by atoms with Gasteiger partial charge in [0.1, 0.15) is 0 Å². The lowest BCUT2D eigenvalue weighted by molar-refractivity contribution is -0.385. The van der Waals surface area contributed by atoms with E-state index >= 15 is 0 Å². The number of aryl methyl sites for hydroxylation is 1. The quantitative estimate of drug-likeness (QED) is 0.128. The van der Waals surface area contributed by atoms with Crippen molar-refractivity contribution in [3.05, 3.63) is 92.4 Å². The molecule has 4 rings (SSSR count). The number of nitro groups is 1. The smallest absolute Gasteiger partial charge is 0.416 e. The van der Waals surface area contributed by atoms with E-state index in [0.717, 1.165) is 23.4 Å². The lowest BCUT2D eigenvalue weighted by Crippen LogP contribution is -2.27. The average molecular weight is 561 g/mol. The van der Waals surface area contributed by atoms with Gasteiger partial charge in [0.2, 0.25) is 5.75 Å². The molecule has 0 spiro atoms. The van der Waals surface area contributed by atoms with Gasteiger partial charge in [0.15, 0.2) is 15.8 Å². The molecule has 3 aromatic rings. The maximum absolute atomic E-state index is 13.1. The van der Waals surface area contributed by atoms with E-state index in [9.17, 15) is 28.1 Å². The van der Waals surface area contributed by atoms with Gasteiger partial charge in [-0.2, -0.15) is 13.2 Å². The number of hydrogen-bond acceptors (Lipinski definition) is 7. The summed E-state index contributed by atoms with van der Waals surface area (Å²) in [7, 11) is 0. The molecule has 12 heteroatoms. The van der Waals surface area contributed by atoms with Gasteiger partial charge < -0.3 is 9.47 Å². The molecule has 0 saturated carbocycles. The van der Waals surface area contributed by atoms with E-state index in [1.807, 2.05) is 31.2 Å². The SMILES string of the molecule is CCOc1cc(/C=C2\SC(=S)N(c3ccc(C)cc3)C2=O)ccc1Oc1ccc(C(F)(F)F)cc1[N+](=O)[O-]. The number of carbonyl (C=O) groups excluding carboxylic acids is 1. The predicted molar refractivity (Wildman–Crippen MR) is 143 cm³/mol. The summed E-state index contributed by atoms with van der Waals surface area (Å²) < 4.78 is 50.7. The second kappa shape index (κ2) is 10.8. The first-order valence-electron chi connectivity index (χ1n) is 11.1. The first kappa shape index (κ1) is 27.1. The Morgan fingerprint density at radius 1 is 1.05 bits per heavy atom. The zero-order valence-corrected chi connectivity index (χ0v) is 21.6. The van der Waals surface area contributed by atoms with Crippen LogP contribution in [0.3, 0.4) is 0 Å². The minimum absolute atomic E-state index is 0.0547. The van der Waals surface area contributed by atoms with E-state index in [0.29, 0.717) is 32.6 Å². The van der Waals surface area contributed by atoms with Crippen molar-refractivity contribution in [3.63, 3.8) is 0 Å². The molecule has 0 aromatic heterocycles. The Hall–Kier alpha value is -3.90. The van der Waals surface area contributed by atoms with Crippen molar-refractivity contribution < 1.29 is 32.4 Å².